The number of rotatable bonds is 6. The fraction of sp³-hybridized carbons (Fsp3) is 0.316. The van der Waals surface area contributed by atoms with Gasteiger partial charge in [0.25, 0.3) is 5.91 Å². The molecule has 3 aromatic rings. The third kappa shape index (κ3) is 4.31. The molecule has 0 saturated carbocycles. The van der Waals surface area contributed by atoms with Gasteiger partial charge in [-0.3, -0.25) is 14.3 Å². The molecule has 8 heteroatoms. The van der Waals surface area contributed by atoms with Crippen LogP contribution in [0.15, 0.2) is 30.3 Å². The van der Waals surface area contributed by atoms with Crippen molar-refractivity contribution >= 4 is 45.0 Å². The molecule has 27 heavy (non-hydrogen) atoms. The molecular formula is C19H21ClN4O2S. The highest BCUT2D eigenvalue weighted by atomic mass is 35.5. The van der Waals surface area contributed by atoms with Crippen LogP contribution in [-0.4, -0.2) is 34.2 Å². The Morgan fingerprint density at radius 3 is 2.67 bits per heavy atom. The van der Waals surface area contributed by atoms with Gasteiger partial charge < -0.3 is 10.6 Å². The van der Waals surface area contributed by atoms with E-state index in [1.165, 1.54) is 11.3 Å². The summed E-state index contributed by atoms with van der Waals surface area (Å²) in [5.41, 5.74) is 1.94. The molecule has 1 atom stereocenters. The molecule has 0 unspecified atom stereocenters. The van der Waals surface area contributed by atoms with E-state index in [4.69, 9.17) is 11.6 Å². The quantitative estimate of drug-likeness (QED) is 0.661. The van der Waals surface area contributed by atoms with Crippen molar-refractivity contribution in [2.45, 2.75) is 33.4 Å². The van der Waals surface area contributed by atoms with Crippen LogP contribution in [0.1, 0.15) is 34.8 Å². The summed E-state index contributed by atoms with van der Waals surface area (Å²) in [7, 11) is 0. The minimum atomic E-state index is -0.589. The van der Waals surface area contributed by atoms with Gasteiger partial charge in [0.2, 0.25) is 5.91 Å². The van der Waals surface area contributed by atoms with Gasteiger partial charge in [0.05, 0.1) is 17.1 Å². The van der Waals surface area contributed by atoms with E-state index in [1.807, 2.05) is 48.9 Å². The van der Waals surface area contributed by atoms with E-state index in [0.29, 0.717) is 23.0 Å². The monoisotopic (exact) mass is 404 g/mol. The lowest BCUT2D eigenvalue weighted by Crippen LogP contribution is -2.44. The number of hydrogen-bond acceptors (Lipinski definition) is 4. The average molecular weight is 405 g/mol. The Labute approximate surface area is 166 Å². The predicted molar refractivity (Wildman–Crippen MR) is 109 cm³/mol. The normalized spacial score (nSPS) is 12.1. The summed E-state index contributed by atoms with van der Waals surface area (Å²) in [4.78, 5) is 25.8. The molecule has 0 fully saturated rings. The number of aryl methyl sites for hydroxylation is 1. The van der Waals surface area contributed by atoms with E-state index in [2.05, 4.69) is 15.7 Å². The van der Waals surface area contributed by atoms with E-state index in [-0.39, 0.29) is 11.8 Å². The zero-order valence-corrected chi connectivity index (χ0v) is 16.9. The SMILES string of the molecule is CCNC(=O)[C@H](C)NC(=O)c1cc2c(C)nn(Cc3ccc(Cl)cc3)c2s1. The summed E-state index contributed by atoms with van der Waals surface area (Å²) in [6, 6.07) is 8.86. The maximum atomic E-state index is 12.5. The number of nitrogens with one attached hydrogen (secondary N) is 2. The van der Waals surface area contributed by atoms with E-state index >= 15 is 0 Å². The first-order chi connectivity index (χ1) is 12.9. The lowest BCUT2D eigenvalue weighted by molar-refractivity contribution is -0.122. The Morgan fingerprint density at radius 1 is 1.30 bits per heavy atom. The van der Waals surface area contributed by atoms with Crippen LogP contribution >= 0.6 is 22.9 Å². The summed E-state index contributed by atoms with van der Waals surface area (Å²) in [5, 5.41) is 11.7. The van der Waals surface area contributed by atoms with E-state index < -0.39 is 6.04 Å². The van der Waals surface area contributed by atoms with Gasteiger partial charge in [-0.15, -0.1) is 11.3 Å². The van der Waals surface area contributed by atoms with Crippen molar-refractivity contribution in [3.05, 3.63) is 51.5 Å². The van der Waals surface area contributed by atoms with E-state index in [1.54, 1.807) is 6.92 Å². The van der Waals surface area contributed by atoms with Gasteiger partial charge in [0, 0.05) is 17.0 Å². The maximum Gasteiger partial charge on any atom is 0.262 e. The summed E-state index contributed by atoms with van der Waals surface area (Å²) < 4.78 is 1.89. The largest absolute Gasteiger partial charge is 0.355 e. The minimum Gasteiger partial charge on any atom is -0.355 e. The van der Waals surface area contributed by atoms with Crippen LogP contribution in [0.5, 0.6) is 0 Å². The zero-order chi connectivity index (χ0) is 19.6. The molecule has 0 saturated heterocycles. The number of benzene rings is 1. The highest BCUT2D eigenvalue weighted by Gasteiger charge is 2.20. The van der Waals surface area contributed by atoms with Gasteiger partial charge in [0.1, 0.15) is 10.9 Å². The number of halogens is 1. The molecule has 2 N–H and O–H groups in total. The number of carbonyl (C=O) groups excluding carboxylic acids is 2. The third-order valence-electron chi connectivity index (χ3n) is 4.17. The van der Waals surface area contributed by atoms with Crippen molar-refractivity contribution in [3.63, 3.8) is 0 Å². The molecule has 6 nitrogen and oxygen atoms in total. The number of thiophene rings is 1. The van der Waals surface area contributed by atoms with Crippen LogP contribution in [0.2, 0.25) is 5.02 Å². The van der Waals surface area contributed by atoms with E-state index in [9.17, 15) is 9.59 Å². The van der Waals surface area contributed by atoms with Crippen LogP contribution in [0, 0.1) is 6.92 Å². The number of likely N-dealkylation sites (N-methyl/N-ethyl adjacent to an activating group) is 1. The fourth-order valence-electron chi connectivity index (χ4n) is 2.76. The topological polar surface area (TPSA) is 76.0 Å². The number of aromatic nitrogens is 2. The Balaban J connectivity index is 1.81. The standard InChI is InChI=1S/C19H21ClN4O2S/c1-4-21-17(25)12(3)22-18(26)16-9-15-11(2)23-24(19(15)27-16)10-13-5-7-14(20)8-6-13/h5-9,12H,4,10H2,1-3H3,(H,21,25)(H,22,26)/t12-/m0/s1. The van der Waals surface area contributed by atoms with Crippen LogP contribution in [0.25, 0.3) is 10.2 Å². The zero-order valence-electron chi connectivity index (χ0n) is 15.4. The molecule has 2 amide bonds. The highest BCUT2D eigenvalue weighted by Crippen LogP contribution is 2.29. The van der Waals surface area contributed by atoms with E-state index in [0.717, 1.165) is 21.5 Å². The summed E-state index contributed by atoms with van der Waals surface area (Å²) >= 11 is 7.32. The molecule has 0 aliphatic rings. The summed E-state index contributed by atoms with van der Waals surface area (Å²) in [5.74, 6) is -0.454. The van der Waals surface area contributed by atoms with Crippen molar-refractivity contribution in [2.24, 2.45) is 0 Å². The number of hydrogen-bond donors (Lipinski definition) is 2. The lowest BCUT2D eigenvalue weighted by Gasteiger charge is -2.12. The number of fused-ring (bicyclic) bond motifs is 1. The van der Waals surface area contributed by atoms with Gasteiger partial charge in [-0.05, 0) is 44.5 Å². The second-order valence-corrected chi connectivity index (χ2v) is 7.76. The fourth-order valence-corrected chi connectivity index (χ4v) is 3.95. The highest BCUT2D eigenvalue weighted by molar-refractivity contribution is 7.20. The van der Waals surface area contributed by atoms with Gasteiger partial charge in [0.15, 0.2) is 0 Å². The Kier molecular flexibility index (Phi) is 5.82. The Morgan fingerprint density at radius 2 is 2.00 bits per heavy atom. The van der Waals surface area contributed by atoms with Crippen molar-refractivity contribution in [2.75, 3.05) is 6.54 Å². The van der Waals surface area contributed by atoms with Crippen molar-refractivity contribution in [3.8, 4) is 0 Å². The molecule has 142 valence electrons. The second kappa shape index (κ2) is 8.10. The predicted octanol–water partition coefficient (Wildman–Crippen LogP) is 3.36. The number of carbonyl (C=O) groups is 2. The maximum absolute atomic E-state index is 12.5. The third-order valence-corrected chi connectivity index (χ3v) is 5.57. The van der Waals surface area contributed by atoms with Gasteiger partial charge >= 0.3 is 0 Å². The Hall–Kier alpha value is -2.38. The first-order valence-electron chi connectivity index (χ1n) is 8.69. The van der Waals surface area contributed by atoms with Crippen LogP contribution in [0.3, 0.4) is 0 Å². The van der Waals surface area contributed by atoms with Gasteiger partial charge in [-0.2, -0.15) is 5.10 Å². The van der Waals surface area contributed by atoms with Crippen LogP contribution in [-0.2, 0) is 11.3 Å². The minimum absolute atomic E-state index is 0.197. The molecule has 1 aromatic carbocycles. The molecule has 3 rings (SSSR count). The summed E-state index contributed by atoms with van der Waals surface area (Å²) in [6.07, 6.45) is 0. The second-order valence-electron chi connectivity index (χ2n) is 6.29. The van der Waals surface area contributed by atoms with Crippen LogP contribution in [0.4, 0.5) is 0 Å². The lowest BCUT2D eigenvalue weighted by atomic mass is 10.2. The molecule has 0 radical (unpaired) electrons. The molecular weight excluding hydrogens is 384 g/mol. The molecule has 0 spiro atoms. The molecule has 2 aromatic heterocycles. The summed E-state index contributed by atoms with van der Waals surface area (Å²) in [6.45, 7) is 6.56. The molecule has 0 aliphatic heterocycles. The Bertz CT molecular complexity index is 978. The first-order valence-corrected chi connectivity index (χ1v) is 9.88. The van der Waals surface area contributed by atoms with Crippen molar-refractivity contribution in [1.82, 2.24) is 20.4 Å². The molecule has 0 aliphatic carbocycles. The number of amides is 2. The van der Waals surface area contributed by atoms with Gasteiger partial charge in [-0.25, -0.2) is 0 Å². The smallest absolute Gasteiger partial charge is 0.262 e. The average Bonchev–Trinajstić information content (AvgIpc) is 3.19. The van der Waals surface area contributed by atoms with Crippen molar-refractivity contribution < 1.29 is 9.59 Å². The first kappa shape index (κ1) is 19.4. The van der Waals surface area contributed by atoms with Crippen LogP contribution < -0.4 is 10.6 Å². The van der Waals surface area contributed by atoms with Gasteiger partial charge in [-0.1, -0.05) is 23.7 Å². The molecule has 2 heterocycles. The molecule has 0 bridgehead atoms. The van der Waals surface area contributed by atoms with Crippen molar-refractivity contribution in [1.29, 1.82) is 0 Å². The number of nitrogens with zero attached hydrogens (tertiary/aromatic N) is 2.